The molecule has 0 spiro atoms. The summed E-state index contributed by atoms with van der Waals surface area (Å²) in [5, 5.41) is 0. The van der Waals surface area contributed by atoms with Gasteiger partial charge in [-0.15, -0.1) is 0 Å². The molecule has 2 aromatic rings. The molecule has 0 aromatic carbocycles. The number of aryl methyl sites for hydroxylation is 1. The van der Waals surface area contributed by atoms with Gasteiger partial charge in [0.2, 0.25) is 0 Å². The van der Waals surface area contributed by atoms with Crippen molar-refractivity contribution in [2.45, 2.75) is 66.2 Å². The third kappa shape index (κ3) is 4.62. The van der Waals surface area contributed by atoms with E-state index < -0.39 is 0 Å². The van der Waals surface area contributed by atoms with Gasteiger partial charge < -0.3 is 9.88 Å². The van der Waals surface area contributed by atoms with Crippen molar-refractivity contribution >= 4 is 16.7 Å². The molecule has 1 fully saturated rings. The molecule has 0 aliphatic heterocycles. The van der Waals surface area contributed by atoms with Crippen LogP contribution in [0, 0.1) is 12.8 Å². The van der Waals surface area contributed by atoms with E-state index in [0.29, 0.717) is 0 Å². The number of hydrogen-bond acceptors (Lipinski definition) is 1. The number of halogens is 1. The van der Waals surface area contributed by atoms with Crippen molar-refractivity contribution in [1.82, 2.24) is 4.98 Å². The Morgan fingerprint density at radius 3 is 2.00 bits per heavy atom. The monoisotopic (exact) mass is 308 g/mol. The molecule has 3 rings (SSSR count). The summed E-state index contributed by atoms with van der Waals surface area (Å²) < 4.78 is 0. The smallest absolute Gasteiger partial charge is 0.0626 e. The third-order valence-electron chi connectivity index (χ3n) is 4.86. The quantitative estimate of drug-likeness (QED) is 0.700. The molecule has 1 N–H and O–H groups in total. The predicted octanol–water partition coefficient (Wildman–Crippen LogP) is 5.89. The van der Waals surface area contributed by atoms with Gasteiger partial charge in [0.15, 0.2) is 0 Å². The molecule has 0 saturated heterocycles. The predicted molar refractivity (Wildman–Crippen MR) is 97.2 cm³/mol. The van der Waals surface area contributed by atoms with Crippen molar-refractivity contribution in [3.05, 3.63) is 17.7 Å². The minimum atomic E-state index is 0. The lowest BCUT2D eigenvalue weighted by Crippen LogP contribution is -2.21. The van der Waals surface area contributed by atoms with Crippen molar-refractivity contribution in [1.29, 1.82) is 0 Å². The van der Waals surface area contributed by atoms with Gasteiger partial charge in [-0.3, -0.25) is 4.70 Å². The van der Waals surface area contributed by atoms with E-state index in [1.54, 1.807) is 0 Å². The van der Waals surface area contributed by atoms with Gasteiger partial charge >= 0.3 is 0 Å². The van der Waals surface area contributed by atoms with Gasteiger partial charge in [0.05, 0.1) is 11.2 Å². The maximum atomic E-state index is 3.38. The van der Waals surface area contributed by atoms with Crippen molar-refractivity contribution in [3.8, 4) is 0 Å². The topological polar surface area (TPSA) is 19.0 Å². The average molecular weight is 308 g/mol. The molecular weight excluding hydrogens is 275 g/mol. The molecule has 2 heterocycles. The van der Waals surface area contributed by atoms with Gasteiger partial charge in [-0.1, -0.05) is 45.4 Å². The first-order valence-corrected chi connectivity index (χ1v) is 8.82. The molecule has 0 amide bonds. The van der Waals surface area contributed by atoms with E-state index in [-0.39, 0.29) is 4.70 Å². The lowest BCUT2D eigenvalue weighted by molar-refractivity contribution is 0.505. The number of nitrogens with zero attached hydrogens (tertiary/aromatic N) is 1. The van der Waals surface area contributed by atoms with Crippen LogP contribution in [0.3, 0.4) is 0 Å². The van der Waals surface area contributed by atoms with Gasteiger partial charge in [0.25, 0.3) is 0 Å². The summed E-state index contributed by atoms with van der Waals surface area (Å²) in [6.45, 7) is 11.1. The highest BCUT2D eigenvalue weighted by atomic mass is 19.0. The average Bonchev–Trinajstić information content (AvgIpc) is 2.94. The highest BCUT2D eigenvalue weighted by Gasteiger charge is 2.11. The highest BCUT2D eigenvalue weighted by molar-refractivity contribution is 5.86. The summed E-state index contributed by atoms with van der Waals surface area (Å²) >= 11 is 0. The Balaban J connectivity index is 0.000000234. The number of nitrogens with one attached hydrogen (secondary N) is 1. The van der Waals surface area contributed by atoms with E-state index >= 15 is 0 Å². The zero-order chi connectivity index (χ0) is 15.2. The Morgan fingerprint density at radius 2 is 1.59 bits per heavy atom. The summed E-state index contributed by atoms with van der Waals surface area (Å²) in [5.74, 6) is 1.03. The second-order valence-corrected chi connectivity index (χ2v) is 6.58. The summed E-state index contributed by atoms with van der Waals surface area (Å²) in [6, 6.07) is 4.47. The normalized spacial score (nSPS) is 15.8. The van der Waals surface area contributed by atoms with Crippen LogP contribution in [0.25, 0.3) is 11.0 Å². The fourth-order valence-corrected chi connectivity index (χ4v) is 3.39. The first kappa shape index (κ1) is 18.8. The minimum Gasteiger partial charge on any atom is -0.370 e. The maximum Gasteiger partial charge on any atom is 0.0626 e. The first-order valence-electron chi connectivity index (χ1n) is 8.82. The standard InChI is InChI=1S/C11H16N2.C8H16.FH/c1-4-13(5-2)11-7-9-8(3)6-10(11)12-9;1-8-6-4-2-3-5-7-8;/h6-7,12H,4-5H2,1-3H3;8H,2-7H2,1H3;1H. The lowest BCUT2D eigenvalue weighted by Gasteiger charge is -2.19. The zero-order valence-electron chi connectivity index (χ0n) is 14.7. The molecule has 3 heteroatoms. The third-order valence-corrected chi connectivity index (χ3v) is 4.86. The number of aromatic nitrogens is 1. The van der Waals surface area contributed by atoms with Crippen LogP contribution in [0.1, 0.15) is 64.9 Å². The van der Waals surface area contributed by atoms with Gasteiger partial charge in [-0.25, -0.2) is 0 Å². The van der Waals surface area contributed by atoms with Crippen LogP contribution in [0.5, 0.6) is 0 Å². The molecule has 126 valence electrons. The fraction of sp³-hybridized carbons (Fsp3) is 0.684. The first-order chi connectivity index (χ1) is 10.2. The second kappa shape index (κ2) is 9.02. The van der Waals surface area contributed by atoms with Crippen LogP contribution in [0.4, 0.5) is 10.4 Å². The summed E-state index contributed by atoms with van der Waals surface area (Å²) in [5.41, 5.74) is 5.25. The van der Waals surface area contributed by atoms with Crippen LogP contribution in [0.2, 0.25) is 0 Å². The van der Waals surface area contributed by atoms with Gasteiger partial charge in [-0.2, -0.15) is 0 Å². The van der Waals surface area contributed by atoms with Crippen LogP contribution in [-0.2, 0) is 0 Å². The van der Waals surface area contributed by atoms with Crippen LogP contribution < -0.4 is 4.90 Å². The summed E-state index contributed by atoms with van der Waals surface area (Å²) in [7, 11) is 0. The van der Waals surface area contributed by atoms with Gasteiger partial charge in [0.1, 0.15) is 0 Å². The number of rotatable bonds is 3. The molecular formula is C19H33FN2. The number of anilines is 1. The molecule has 2 nitrogen and oxygen atoms in total. The minimum absolute atomic E-state index is 0. The number of benzene rings is 1. The van der Waals surface area contributed by atoms with Crippen LogP contribution in [0.15, 0.2) is 12.1 Å². The number of H-pyrrole nitrogens is 1. The summed E-state index contributed by atoms with van der Waals surface area (Å²) in [4.78, 5) is 5.76. The van der Waals surface area contributed by atoms with Crippen molar-refractivity contribution < 1.29 is 4.70 Å². The Morgan fingerprint density at radius 1 is 1.00 bits per heavy atom. The Labute approximate surface area is 135 Å². The van der Waals surface area contributed by atoms with Crippen LogP contribution in [-0.4, -0.2) is 18.1 Å². The second-order valence-electron chi connectivity index (χ2n) is 6.58. The van der Waals surface area contributed by atoms with E-state index in [0.717, 1.165) is 19.0 Å². The molecule has 1 saturated carbocycles. The maximum absolute atomic E-state index is 3.38. The van der Waals surface area contributed by atoms with E-state index in [4.69, 9.17) is 0 Å². The van der Waals surface area contributed by atoms with Crippen LogP contribution >= 0.6 is 0 Å². The Hall–Kier alpha value is -1.25. The number of fused-ring (bicyclic) bond motifs is 2. The van der Waals surface area contributed by atoms with Crippen molar-refractivity contribution in [2.75, 3.05) is 18.0 Å². The fourth-order valence-electron chi connectivity index (χ4n) is 3.39. The molecule has 1 aliphatic carbocycles. The molecule has 2 bridgehead atoms. The molecule has 0 unspecified atom stereocenters. The molecule has 0 radical (unpaired) electrons. The number of hydrogen-bond donors (Lipinski definition) is 1. The van der Waals surface area contributed by atoms with E-state index in [9.17, 15) is 0 Å². The Bertz CT molecular complexity index is 508. The van der Waals surface area contributed by atoms with Gasteiger partial charge in [0, 0.05) is 18.6 Å². The van der Waals surface area contributed by atoms with Crippen molar-refractivity contribution in [3.63, 3.8) is 0 Å². The zero-order valence-corrected chi connectivity index (χ0v) is 14.7. The largest absolute Gasteiger partial charge is 0.370 e. The number of aromatic amines is 1. The van der Waals surface area contributed by atoms with E-state index in [2.05, 4.69) is 49.7 Å². The molecule has 0 atom stereocenters. The highest BCUT2D eigenvalue weighted by Crippen LogP contribution is 2.29. The lowest BCUT2D eigenvalue weighted by atomic mass is 10.0. The van der Waals surface area contributed by atoms with Crippen molar-refractivity contribution in [2.24, 2.45) is 5.92 Å². The van der Waals surface area contributed by atoms with E-state index in [1.165, 1.54) is 60.8 Å². The Kier molecular flexibility index (Phi) is 7.70. The van der Waals surface area contributed by atoms with E-state index in [1.807, 2.05) is 0 Å². The molecule has 1 aliphatic rings. The summed E-state index contributed by atoms with van der Waals surface area (Å²) in [6.07, 6.45) is 8.93. The SMILES string of the molecule is CC1CCCCCC1.CCN(CC)c1cc2[nH]c1cc2C.F. The van der Waals surface area contributed by atoms with Gasteiger partial charge in [-0.05, 0) is 44.4 Å². The molecule has 2 aromatic heterocycles. The molecule has 22 heavy (non-hydrogen) atoms.